The Labute approximate surface area is 222 Å². The molecule has 0 saturated carbocycles. The molecule has 0 bridgehead atoms. The van der Waals surface area contributed by atoms with E-state index in [9.17, 15) is 14.0 Å². The minimum Gasteiger partial charge on any atom is -0.497 e. The highest BCUT2D eigenvalue weighted by molar-refractivity contribution is 6.06. The van der Waals surface area contributed by atoms with Crippen LogP contribution in [0.15, 0.2) is 89.7 Å². The quantitative estimate of drug-likeness (QED) is 0.256. The zero-order valence-electron chi connectivity index (χ0n) is 21.1. The number of nitrogens with zero attached hydrogens (tertiary/aromatic N) is 3. The van der Waals surface area contributed by atoms with E-state index in [1.165, 1.54) is 23.2 Å². The molecular weight excluding hydrogens is 503 g/mol. The number of methoxy groups -OCH3 is 1. The van der Waals surface area contributed by atoms with E-state index in [1.54, 1.807) is 80.8 Å². The molecule has 0 fully saturated rings. The Kier molecular flexibility index (Phi) is 7.17. The molecular formula is C29H23FN4O5. The second-order valence-electron chi connectivity index (χ2n) is 8.32. The third-order valence-corrected chi connectivity index (χ3v) is 5.82. The zero-order valence-corrected chi connectivity index (χ0v) is 21.1. The van der Waals surface area contributed by atoms with Crippen LogP contribution < -0.4 is 10.1 Å². The van der Waals surface area contributed by atoms with Crippen molar-refractivity contribution in [3.05, 3.63) is 102 Å². The third-order valence-electron chi connectivity index (χ3n) is 5.82. The van der Waals surface area contributed by atoms with E-state index in [0.29, 0.717) is 39.7 Å². The maximum absolute atomic E-state index is 13.6. The summed E-state index contributed by atoms with van der Waals surface area (Å²) in [6.07, 6.45) is 1.21. The Balaban J connectivity index is 1.46. The molecule has 0 spiro atoms. The van der Waals surface area contributed by atoms with Gasteiger partial charge in [-0.3, -0.25) is 4.79 Å². The van der Waals surface area contributed by atoms with Crippen molar-refractivity contribution in [3.63, 3.8) is 0 Å². The van der Waals surface area contributed by atoms with Crippen LogP contribution in [0.25, 0.3) is 28.3 Å². The van der Waals surface area contributed by atoms with E-state index in [0.717, 1.165) is 0 Å². The molecule has 196 valence electrons. The highest BCUT2D eigenvalue weighted by atomic mass is 19.1. The summed E-state index contributed by atoms with van der Waals surface area (Å²) in [6, 6.07) is 21.4. The number of anilines is 1. The number of amides is 1. The molecule has 0 saturated heterocycles. The van der Waals surface area contributed by atoms with E-state index in [1.807, 2.05) is 0 Å². The molecule has 0 radical (unpaired) electrons. The monoisotopic (exact) mass is 526 g/mol. The summed E-state index contributed by atoms with van der Waals surface area (Å²) in [4.78, 5) is 29.7. The zero-order chi connectivity index (χ0) is 27.4. The number of carbonyl (C=O) groups excluding carboxylic acids is 2. The molecule has 0 unspecified atom stereocenters. The van der Waals surface area contributed by atoms with Gasteiger partial charge in [0.1, 0.15) is 11.6 Å². The van der Waals surface area contributed by atoms with Gasteiger partial charge < -0.3 is 19.2 Å². The van der Waals surface area contributed by atoms with E-state index in [2.05, 4.69) is 15.4 Å². The molecule has 1 N–H and O–H groups in total. The Morgan fingerprint density at radius 2 is 1.77 bits per heavy atom. The number of esters is 1. The van der Waals surface area contributed by atoms with Crippen molar-refractivity contribution in [2.45, 2.75) is 6.92 Å². The van der Waals surface area contributed by atoms with Gasteiger partial charge in [-0.2, -0.15) is 5.10 Å². The van der Waals surface area contributed by atoms with Crippen LogP contribution in [0.2, 0.25) is 0 Å². The highest BCUT2D eigenvalue weighted by Crippen LogP contribution is 2.29. The number of hydrogen-bond acceptors (Lipinski definition) is 7. The van der Waals surface area contributed by atoms with E-state index in [-0.39, 0.29) is 18.0 Å². The average Bonchev–Trinajstić information content (AvgIpc) is 3.62. The van der Waals surface area contributed by atoms with Crippen LogP contribution in [0.5, 0.6) is 5.75 Å². The van der Waals surface area contributed by atoms with Gasteiger partial charge in [-0.05, 0) is 73.7 Å². The molecule has 2 aromatic heterocycles. The van der Waals surface area contributed by atoms with Crippen molar-refractivity contribution in [2.24, 2.45) is 0 Å². The van der Waals surface area contributed by atoms with Crippen molar-refractivity contribution in [1.29, 1.82) is 0 Å². The lowest BCUT2D eigenvalue weighted by Crippen LogP contribution is -2.13. The van der Waals surface area contributed by atoms with Gasteiger partial charge in [-0.1, -0.05) is 12.1 Å². The van der Waals surface area contributed by atoms with Gasteiger partial charge in [0.25, 0.3) is 5.91 Å². The summed E-state index contributed by atoms with van der Waals surface area (Å²) in [5.74, 6) is -0.455. The number of oxazole rings is 1. The van der Waals surface area contributed by atoms with Crippen molar-refractivity contribution >= 4 is 17.6 Å². The number of carbonyl (C=O) groups is 2. The number of rotatable bonds is 8. The van der Waals surface area contributed by atoms with Crippen LogP contribution in [-0.2, 0) is 4.74 Å². The third kappa shape index (κ3) is 5.40. The largest absolute Gasteiger partial charge is 0.497 e. The second kappa shape index (κ2) is 11.0. The lowest BCUT2D eigenvalue weighted by molar-refractivity contribution is 0.0518. The Morgan fingerprint density at radius 1 is 1.00 bits per heavy atom. The second-order valence-corrected chi connectivity index (χ2v) is 8.32. The smallest absolute Gasteiger partial charge is 0.358 e. The SMILES string of the molecule is CCOC(=O)c1cc(-c2cccc(NC(=O)c3ncoc3-c3ccc(OC)cc3)c2)n(-c2ccc(F)cc2)n1. The first kappa shape index (κ1) is 25.4. The van der Waals surface area contributed by atoms with Gasteiger partial charge in [0.2, 0.25) is 0 Å². The summed E-state index contributed by atoms with van der Waals surface area (Å²) in [5.41, 5.74) is 3.09. The molecule has 10 heteroatoms. The number of ether oxygens (including phenoxy) is 2. The minimum absolute atomic E-state index is 0.0948. The summed E-state index contributed by atoms with van der Waals surface area (Å²) < 4.78 is 30.9. The fraction of sp³-hybridized carbons (Fsp3) is 0.103. The van der Waals surface area contributed by atoms with E-state index >= 15 is 0 Å². The van der Waals surface area contributed by atoms with Crippen molar-refractivity contribution in [2.75, 3.05) is 19.0 Å². The van der Waals surface area contributed by atoms with E-state index in [4.69, 9.17) is 13.9 Å². The summed E-state index contributed by atoms with van der Waals surface area (Å²) in [5, 5.41) is 7.24. The van der Waals surface area contributed by atoms with Gasteiger partial charge in [0.05, 0.1) is 25.1 Å². The molecule has 39 heavy (non-hydrogen) atoms. The average molecular weight is 527 g/mol. The Hall–Kier alpha value is -5.25. The van der Waals surface area contributed by atoms with Crippen molar-refractivity contribution < 1.29 is 27.9 Å². The summed E-state index contributed by atoms with van der Waals surface area (Å²) in [7, 11) is 1.57. The maximum atomic E-state index is 13.6. The maximum Gasteiger partial charge on any atom is 0.358 e. The van der Waals surface area contributed by atoms with Gasteiger partial charge in [0.15, 0.2) is 23.5 Å². The number of aromatic nitrogens is 3. The van der Waals surface area contributed by atoms with E-state index < -0.39 is 17.7 Å². The molecule has 5 rings (SSSR count). The molecule has 2 heterocycles. The number of halogens is 1. The van der Waals surface area contributed by atoms with Gasteiger partial charge in [0, 0.05) is 16.8 Å². The molecule has 0 aliphatic carbocycles. The first-order valence-electron chi connectivity index (χ1n) is 12.0. The lowest BCUT2D eigenvalue weighted by atomic mass is 10.1. The van der Waals surface area contributed by atoms with Crippen LogP contribution in [0, 0.1) is 5.82 Å². The van der Waals surface area contributed by atoms with Crippen LogP contribution in [0.1, 0.15) is 27.9 Å². The summed E-state index contributed by atoms with van der Waals surface area (Å²) in [6.45, 7) is 1.90. The highest BCUT2D eigenvalue weighted by Gasteiger charge is 2.21. The van der Waals surface area contributed by atoms with Crippen LogP contribution in [0.4, 0.5) is 10.1 Å². The standard InChI is InChI=1S/C29H23FN4O5/c1-3-38-29(36)24-16-25(34(33-24)22-11-9-20(30)10-12-22)19-5-4-6-21(15-19)32-28(35)26-27(39-17-31-26)18-7-13-23(37-2)14-8-18/h4-17H,3H2,1-2H3,(H,32,35). The van der Waals surface area contributed by atoms with Gasteiger partial charge >= 0.3 is 5.97 Å². The fourth-order valence-electron chi connectivity index (χ4n) is 3.97. The molecule has 9 nitrogen and oxygen atoms in total. The summed E-state index contributed by atoms with van der Waals surface area (Å²) >= 11 is 0. The molecule has 5 aromatic rings. The van der Waals surface area contributed by atoms with Crippen LogP contribution in [0.3, 0.4) is 0 Å². The van der Waals surface area contributed by atoms with Crippen LogP contribution in [-0.4, -0.2) is 40.4 Å². The molecule has 0 aliphatic heterocycles. The molecule has 0 aliphatic rings. The van der Waals surface area contributed by atoms with Crippen molar-refractivity contribution in [1.82, 2.24) is 14.8 Å². The minimum atomic E-state index is -0.582. The number of nitrogens with one attached hydrogen (secondary N) is 1. The fourth-order valence-corrected chi connectivity index (χ4v) is 3.97. The molecule has 0 atom stereocenters. The number of hydrogen-bond donors (Lipinski definition) is 1. The Morgan fingerprint density at radius 3 is 2.49 bits per heavy atom. The first-order chi connectivity index (χ1) is 19.0. The number of benzene rings is 3. The Bertz CT molecular complexity index is 1620. The lowest BCUT2D eigenvalue weighted by Gasteiger charge is -2.10. The topological polar surface area (TPSA) is 108 Å². The van der Waals surface area contributed by atoms with Gasteiger partial charge in [-0.25, -0.2) is 18.9 Å². The van der Waals surface area contributed by atoms with Crippen molar-refractivity contribution in [3.8, 4) is 34.0 Å². The first-order valence-corrected chi connectivity index (χ1v) is 12.0. The molecule has 3 aromatic carbocycles. The van der Waals surface area contributed by atoms with Crippen LogP contribution >= 0.6 is 0 Å². The predicted octanol–water partition coefficient (Wildman–Crippen LogP) is 5.77. The molecule has 1 amide bonds. The normalized spacial score (nSPS) is 10.7. The van der Waals surface area contributed by atoms with Gasteiger partial charge in [-0.15, -0.1) is 0 Å². The predicted molar refractivity (Wildman–Crippen MR) is 141 cm³/mol.